The van der Waals surface area contributed by atoms with Gasteiger partial charge in [0.2, 0.25) is 0 Å². The minimum atomic E-state index is 0.711. The van der Waals surface area contributed by atoms with Crippen molar-refractivity contribution in [2.45, 2.75) is 20.8 Å². The summed E-state index contributed by atoms with van der Waals surface area (Å²) in [5.41, 5.74) is 11.9. The number of hydrogen-bond donors (Lipinski definition) is 1. The molecule has 1 aromatic carbocycles. The summed E-state index contributed by atoms with van der Waals surface area (Å²) in [5.74, 6) is 0.891. The van der Waals surface area contributed by atoms with Crippen LogP contribution in [0.4, 0.5) is 5.69 Å². The number of nitrogens with two attached hydrogens (primary N) is 1. The molecule has 2 rings (SSSR count). The van der Waals surface area contributed by atoms with Crippen LogP contribution in [0, 0.1) is 20.8 Å². The van der Waals surface area contributed by atoms with Crippen molar-refractivity contribution in [2.75, 3.05) is 12.8 Å². The van der Waals surface area contributed by atoms with Gasteiger partial charge in [-0.15, -0.1) is 0 Å². The molecule has 0 saturated heterocycles. The zero-order valence-electron chi connectivity index (χ0n) is 11.2. The molecular weight excluding hydrogens is 224 g/mol. The highest BCUT2D eigenvalue weighted by atomic mass is 16.5. The first-order valence-electron chi connectivity index (χ1n) is 5.90. The quantitative estimate of drug-likeness (QED) is 0.879. The van der Waals surface area contributed by atoms with Gasteiger partial charge in [-0.1, -0.05) is 0 Å². The minimum Gasteiger partial charge on any atom is -0.496 e. The highest BCUT2D eigenvalue weighted by Crippen LogP contribution is 2.31. The Kier molecular flexibility index (Phi) is 3.24. The van der Waals surface area contributed by atoms with Gasteiger partial charge < -0.3 is 10.5 Å². The second-order valence-corrected chi connectivity index (χ2v) is 4.59. The average Bonchev–Trinajstić information content (AvgIpc) is 2.32. The van der Waals surface area contributed by atoms with Crippen LogP contribution in [0.2, 0.25) is 0 Å². The maximum atomic E-state index is 6.05. The summed E-state index contributed by atoms with van der Waals surface area (Å²) in [4.78, 5) is 4.44. The fourth-order valence-corrected chi connectivity index (χ4v) is 2.08. The lowest BCUT2D eigenvalue weighted by Gasteiger charge is -2.12. The summed E-state index contributed by atoms with van der Waals surface area (Å²) < 4.78 is 5.31. The number of benzene rings is 1. The van der Waals surface area contributed by atoms with Gasteiger partial charge in [0.1, 0.15) is 5.75 Å². The number of pyridine rings is 1. The number of aryl methyl sites for hydroxylation is 3. The molecule has 0 unspecified atom stereocenters. The van der Waals surface area contributed by atoms with Crippen molar-refractivity contribution in [3.8, 4) is 17.0 Å². The van der Waals surface area contributed by atoms with E-state index in [4.69, 9.17) is 10.5 Å². The summed E-state index contributed by atoms with van der Waals surface area (Å²) >= 11 is 0. The summed E-state index contributed by atoms with van der Waals surface area (Å²) in [6, 6.07) is 6.04. The molecule has 0 fully saturated rings. The zero-order chi connectivity index (χ0) is 13.3. The highest BCUT2D eigenvalue weighted by Gasteiger charge is 2.10. The van der Waals surface area contributed by atoms with Crippen LogP contribution in [-0.4, -0.2) is 12.1 Å². The first-order valence-corrected chi connectivity index (χ1v) is 5.90. The van der Waals surface area contributed by atoms with Crippen LogP contribution in [-0.2, 0) is 0 Å². The Morgan fingerprint density at radius 2 is 1.78 bits per heavy atom. The molecule has 0 saturated carbocycles. The highest BCUT2D eigenvalue weighted by molar-refractivity contribution is 5.76. The van der Waals surface area contributed by atoms with Crippen LogP contribution in [0.5, 0.6) is 5.75 Å². The van der Waals surface area contributed by atoms with Crippen molar-refractivity contribution in [3.63, 3.8) is 0 Å². The number of aromatic nitrogens is 1. The molecule has 0 aliphatic rings. The van der Waals surface area contributed by atoms with Crippen LogP contribution in [0.1, 0.15) is 16.7 Å². The van der Waals surface area contributed by atoms with Crippen molar-refractivity contribution in [1.82, 2.24) is 4.98 Å². The second-order valence-electron chi connectivity index (χ2n) is 4.59. The largest absolute Gasteiger partial charge is 0.496 e. The molecule has 3 nitrogen and oxygen atoms in total. The minimum absolute atomic E-state index is 0.711. The van der Waals surface area contributed by atoms with E-state index < -0.39 is 0 Å². The van der Waals surface area contributed by atoms with Crippen molar-refractivity contribution >= 4 is 5.69 Å². The Morgan fingerprint density at radius 1 is 1.06 bits per heavy atom. The SMILES string of the molecule is COc1cc(C)c(-c2ncc(C)cc2N)cc1C. The number of nitrogens with zero attached hydrogens (tertiary/aromatic N) is 1. The lowest BCUT2D eigenvalue weighted by molar-refractivity contribution is 0.411. The van der Waals surface area contributed by atoms with Crippen molar-refractivity contribution in [1.29, 1.82) is 0 Å². The maximum absolute atomic E-state index is 6.05. The average molecular weight is 242 g/mol. The van der Waals surface area contributed by atoms with E-state index in [9.17, 15) is 0 Å². The number of ether oxygens (including phenoxy) is 1. The normalized spacial score (nSPS) is 10.4. The van der Waals surface area contributed by atoms with Crippen LogP contribution in [0.3, 0.4) is 0 Å². The van der Waals surface area contributed by atoms with Crippen LogP contribution in [0.15, 0.2) is 24.4 Å². The monoisotopic (exact) mass is 242 g/mol. The predicted octanol–water partition coefficient (Wildman–Crippen LogP) is 3.26. The molecule has 0 radical (unpaired) electrons. The standard InChI is InChI=1S/C15H18N2O/c1-9-5-13(16)15(17-8-9)12-6-11(3)14(18-4)7-10(12)2/h5-8H,16H2,1-4H3. The third-order valence-corrected chi connectivity index (χ3v) is 3.05. The number of rotatable bonds is 2. The van der Waals surface area contributed by atoms with Crippen LogP contribution in [0.25, 0.3) is 11.3 Å². The Morgan fingerprint density at radius 3 is 2.39 bits per heavy atom. The zero-order valence-corrected chi connectivity index (χ0v) is 11.2. The molecule has 1 aromatic heterocycles. The fraction of sp³-hybridized carbons (Fsp3) is 0.267. The van der Waals surface area contributed by atoms with E-state index >= 15 is 0 Å². The number of nitrogen functional groups attached to an aromatic ring is 1. The van der Waals surface area contributed by atoms with Crippen LogP contribution < -0.4 is 10.5 Å². The second kappa shape index (κ2) is 4.69. The third kappa shape index (κ3) is 2.16. The van der Waals surface area contributed by atoms with Gasteiger partial charge in [0.15, 0.2) is 0 Å². The number of methoxy groups -OCH3 is 1. The fourth-order valence-electron chi connectivity index (χ4n) is 2.08. The van der Waals surface area contributed by atoms with Gasteiger partial charge in [-0.2, -0.15) is 0 Å². The molecule has 0 atom stereocenters. The Bertz CT molecular complexity index is 591. The first-order chi connectivity index (χ1) is 8.52. The molecular formula is C15H18N2O. The van der Waals surface area contributed by atoms with E-state index in [0.29, 0.717) is 5.69 Å². The summed E-state index contributed by atoms with van der Waals surface area (Å²) in [7, 11) is 1.68. The summed E-state index contributed by atoms with van der Waals surface area (Å²) in [6.07, 6.45) is 1.84. The molecule has 94 valence electrons. The van der Waals surface area contributed by atoms with Crippen molar-refractivity contribution in [2.24, 2.45) is 0 Å². The maximum Gasteiger partial charge on any atom is 0.122 e. The lowest BCUT2D eigenvalue weighted by atomic mass is 10.00. The van der Waals surface area contributed by atoms with Gasteiger partial charge >= 0.3 is 0 Å². The molecule has 0 aliphatic heterocycles. The Balaban J connectivity index is 2.60. The predicted molar refractivity (Wildman–Crippen MR) is 74.8 cm³/mol. The van der Waals surface area contributed by atoms with E-state index in [2.05, 4.69) is 11.1 Å². The van der Waals surface area contributed by atoms with Gasteiger partial charge in [-0.25, -0.2) is 0 Å². The molecule has 18 heavy (non-hydrogen) atoms. The molecule has 0 bridgehead atoms. The van der Waals surface area contributed by atoms with Crippen molar-refractivity contribution in [3.05, 3.63) is 41.1 Å². The molecule has 3 heteroatoms. The van der Waals surface area contributed by atoms with E-state index in [1.54, 1.807) is 7.11 Å². The summed E-state index contributed by atoms with van der Waals surface area (Å²) in [5, 5.41) is 0. The first kappa shape index (κ1) is 12.4. The van der Waals surface area contributed by atoms with Gasteiger partial charge in [0, 0.05) is 11.8 Å². The molecule has 0 amide bonds. The van der Waals surface area contributed by atoms with Gasteiger partial charge in [-0.05, 0) is 55.7 Å². The van der Waals surface area contributed by atoms with Gasteiger partial charge in [0.25, 0.3) is 0 Å². The van der Waals surface area contributed by atoms with Crippen molar-refractivity contribution < 1.29 is 4.74 Å². The molecule has 2 aromatic rings. The topological polar surface area (TPSA) is 48.1 Å². The molecule has 0 aliphatic carbocycles. The van der Waals surface area contributed by atoms with E-state index in [1.807, 2.05) is 39.1 Å². The number of anilines is 1. The van der Waals surface area contributed by atoms with Gasteiger partial charge in [0.05, 0.1) is 18.5 Å². The Labute approximate surface area is 108 Å². The third-order valence-electron chi connectivity index (χ3n) is 3.05. The van der Waals surface area contributed by atoms with E-state index in [0.717, 1.165) is 33.7 Å². The van der Waals surface area contributed by atoms with E-state index in [-0.39, 0.29) is 0 Å². The molecule has 1 heterocycles. The lowest BCUT2D eigenvalue weighted by Crippen LogP contribution is -1.97. The smallest absolute Gasteiger partial charge is 0.122 e. The van der Waals surface area contributed by atoms with Crippen LogP contribution >= 0.6 is 0 Å². The molecule has 0 spiro atoms. The van der Waals surface area contributed by atoms with E-state index in [1.165, 1.54) is 0 Å². The number of hydrogen-bond acceptors (Lipinski definition) is 3. The summed E-state index contributed by atoms with van der Waals surface area (Å²) in [6.45, 7) is 6.05. The van der Waals surface area contributed by atoms with Gasteiger partial charge in [-0.3, -0.25) is 4.98 Å². The molecule has 2 N–H and O–H groups in total. The Hall–Kier alpha value is -2.03.